The summed E-state index contributed by atoms with van der Waals surface area (Å²) in [6.45, 7) is 2.90. The van der Waals surface area contributed by atoms with E-state index in [9.17, 15) is 4.39 Å². The number of nitrogens with zero attached hydrogens (tertiary/aromatic N) is 4. The molecule has 7 heteroatoms. The molecule has 0 amide bonds. The van der Waals surface area contributed by atoms with Crippen LogP contribution in [0.3, 0.4) is 0 Å². The van der Waals surface area contributed by atoms with Gasteiger partial charge in [-0.15, -0.1) is 0 Å². The maximum atomic E-state index is 13.3. The minimum Gasteiger partial charge on any atom is -0.350 e. The Bertz CT molecular complexity index is 1100. The van der Waals surface area contributed by atoms with Gasteiger partial charge in [-0.2, -0.15) is 4.98 Å². The van der Waals surface area contributed by atoms with Crippen molar-refractivity contribution in [2.45, 2.75) is 20.0 Å². The van der Waals surface area contributed by atoms with Crippen LogP contribution in [0, 0.1) is 12.7 Å². The molecule has 2 aromatic heterocycles. The van der Waals surface area contributed by atoms with Gasteiger partial charge in [-0.3, -0.25) is 4.57 Å². The van der Waals surface area contributed by atoms with Crippen LogP contribution in [0.1, 0.15) is 16.8 Å². The van der Waals surface area contributed by atoms with Crippen molar-refractivity contribution in [3.63, 3.8) is 0 Å². The molecule has 0 aliphatic carbocycles. The third-order valence-corrected chi connectivity index (χ3v) is 4.44. The number of nitrogens with two attached hydrogens (primary N) is 1. The average molecular weight is 362 g/mol. The lowest BCUT2D eigenvalue weighted by Crippen LogP contribution is -2.09. The SMILES string of the molecule is Cc1cc2c(CN)cccc2n1-c1ncnc(NCc2cccc(F)c2)n1. The van der Waals surface area contributed by atoms with Crippen molar-refractivity contribution in [2.24, 2.45) is 5.73 Å². The highest BCUT2D eigenvalue weighted by atomic mass is 19.1. The van der Waals surface area contributed by atoms with Crippen LogP contribution < -0.4 is 11.1 Å². The van der Waals surface area contributed by atoms with E-state index in [0.717, 1.165) is 27.7 Å². The first-order valence-corrected chi connectivity index (χ1v) is 8.63. The number of hydrogen-bond acceptors (Lipinski definition) is 5. The molecule has 136 valence electrons. The Kier molecular flexibility index (Phi) is 4.52. The fourth-order valence-corrected chi connectivity index (χ4v) is 3.18. The van der Waals surface area contributed by atoms with Gasteiger partial charge in [0, 0.05) is 24.2 Å². The Balaban J connectivity index is 1.67. The lowest BCUT2D eigenvalue weighted by atomic mass is 10.1. The predicted molar refractivity (Wildman–Crippen MR) is 103 cm³/mol. The maximum Gasteiger partial charge on any atom is 0.239 e. The molecule has 0 atom stereocenters. The maximum absolute atomic E-state index is 13.3. The van der Waals surface area contributed by atoms with E-state index < -0.39 is 0 Å². The molecule has 2 heterocycles. The van der Waals surface area contributed by atoms with Crippen LogP contribution in [0.2, 0.25) is 0 Å². The zero-order valence-corrected chi connectivity index (χ0v) is 14.9. The molecule has 0 bridgehead atoms. The average Bonchev–Trinajstić information content (AvgIpc) is 3.02. The molecule has 0 saturated carbocycles. The van der Waals surface area contributed by atoms with Gasteiger partial charge in [-0.1, -0.05) is 24.3 Å². The molecular formula is C20H19FN6. The molecule has 0 aliphatic heterocycles. The van der Waals surface area contributed by atoms with Gasteiger partial charge in [-0.05, 0) is 42.3 Å². The summed E-state index contributed by atoms with van der Waals surface area (Å²) in [6, 6.07) is 14.5. The molecule has 27 heavy (non-hydrogen) atoms. The first-order chi connectivity index (χ1) is 13.2. The minimum atomic E-state index is -0.268. The second-order valence-electron chi connectivity index (χ2n) is 6.27. The highest BCUT2D eigenvalue weighted by Crippen LogP contribution is 2.25. The Morgan fingerprint density at radius 2 is 1.96 bits per heavy atom. The molecule has 0 fully saturated rings. The highest BCUT2D eigenvalue weighted by Gasteiger charge is 2.13. The van der Waals surface area contributed by atoms with Gasteiger partial charge in [0.2, 0.25) is 11.9 Å². The molecule has 4 rings (SSSR count). The standard InChI is InChI=1S/C20H19FN6/c1-13-8-17-15(10-22)5-3-7-18(17)27(13)20-25-12-24-19(26-20)23-11-14-4-2-6-16(21)9-14/h2-9,12H,10-11,22H2,1H3,(H,23,24,25,26). The fraction of sp³-hybridized carbons (Fsp3) is 0.150. The van der Waals surface area contributed by atoms with E-state index in [0.29, 0.717) is 25.0 Å². The third kappa shape index (κ3) is 3.37. The molecule has 0 unspecified atom stereocenters. The lowest BCUT2D eigenvalue weighted by molar-refractivity contribution is 0.626. The first-order valence-electron chi connectivity index (χ1n) is 8.63. The number of rotatable bonds is 5. The van der Waals surface area contributed by atoms with Gasteiger partial charge in [0.15, 0.2) is 0 Å². The third-order valence-electron chi connectivity index (χ3n) is 4.44. The van der Waals surface area contributed by atoms with Crippen molar-refractivity contribution >= 4 is 16.9 Å². The van der Waals surface area contributed by atoms with Crippen molar-refractivity contribution in [1.82, 2.24) is 19.5 Å². The quantitative estimate of drug-likeness (QED) is 0.569. The van der Waals surface area contributed by atoms with Gasteiger partial charge in [0.05, 0.1) is 5.52 Å². The van der Waals surface area contributed by atoms with E-state index in [-0.39, 0.29) is 5.82 Å². The number of anilines is 1. The number of nitrogens with one attached hydrogen (secondary N) is 1. The summed E-state index contributed by atoms with van der Waals surface area (Å²) in [5.74, 6) is 0.685. The smallest absolute Gasteiger partial charge is 0.239 e. The highest BCUT2D eigenvalue weighted by molar-refractivity contribution is 5.86. The fourth-order valence-electron chi connectivity index (χ4n) is 3.18. The lowest BCUT2D eigenvalue weighted by Gasteiger charge is -2.09. The van der Waals surface area contributed by atoms with Gasteiger partial charge >= 0.3 is 0 Å². The summed E-state index contributed by atoms with van der Waals surface area (Å²) in [6.07, 6.45) is 1.47. The zero-order chi connectivity index (χ0) is 18.8. The molecule has 0 radical (unpaired) electrons. The van der Waals surface area contributed by atoms with Crippen LogP contribution in [0.25, 0.3) is 16.9 Å². The Hall–Kier alpha value is -3.32. The molecule has 4 aromatic rings. The van der Waals surface area contributed by atoms with Crippen LogP contribution in [0.5, 0.6) is 0 Å². The van der Waals surface area contributed by atoms with Crippen LogP contribution in [-0.2, 0) is 13.1 Å². The van der Waals surface area contributed by atoms with Crippen LogP contribution >= 0.6 is 0 Å². The van der Waals surface area contributed by atoms with Crippen molar-refractivity contribution in [3.8, 4) is 5.95 Å². The minimum absolute atomic E-state index is 0.268. The first kappa shape index (κ1) is 17.1. The molecule has 0 saturated heterocycles. The van der Waals surface area contributed by atoms with Crippen molar-refractivity contribution in [2.75, 3.05) is 5.32 Å². The Labute approximate surface area is 155 Å². The molecule has 2 aromatic carbocycles. The van der Waals surface area contributed by atoms with Crippen LogP contribution in [-0.4, -0.2) is 19.5 Å². The van der Waals surface area contributed by atoms with Gasteiger partial charge in [0.25, 0.3) is 0 Å². The molecule has 6 nitrogen and oxygen atoms in total. The number of aromatic nitrogens is 4. The monoisotopic (exact) mass is 362 g/mol. The van der Waals surface area contributed by atoms with Gasteiger partial charge in [-0.25, -0.2) is 14.4 Å². The van der Waals surface area contributed by atoms with E-state index in [1.807, 2.05) is 35.8 Å². The predicted octanol–water partition coefficient (Wildman–Crippen LogP) is 3.33. The Morgan fingerprint density at radius 3 is 2.78 bits per heavy atom. The van der Waals surface area contributed by atoms with Crippen molar-refractivity contribution < 1.29 is 4.39 Å². The number of aryl methyl sites for hydroxylation is 1. The summed E-state index contributed by atoms with van der Waals surface area (Å²) < 4.78 is 15.3. The number of halogens is 1. The molecule has 3 N–H and O–H groups in total. The molecule has 0 aliphatic rings. The second kappa shape index (κ2) is 7.13. The number of hydrogen-bond donors (Lipinski definition) is 2. The normalized spacial score (nSPS) is 11.1. The summed E-state index contributed by atoms with van der Waals surface area (Å²) in [5, 5.41) is 4.21. The summed E-state index contributed by atoms with van der Waals surface area (Å²) in [4.78, 5) is 13.0. The van der Waals surface area contributed by atoms with E-state index in [4.69, 9.17) is 5.73 Å². The van der Waals surface area contributed by atoms with Gasteiger partial charge in [0.1, 0.15) is 12.1 Å². The molecule has 0 spiro atoms. The van der Waals surface area contributed by atoms with Crippen LogP contribution in [0.15, 0.2) is 54.9 Å². The number of benzene rings is 2. The van der Waals surface area contributed by atoms with E-state index in [2.05, 4.69) is 26.3 Å². The van der Waals surface area contributed by atoms with Crippen LogP contribution in [0.4, 0.5) is 10.3 Å². The molecular weight excluding hydrogens is 343 g/mol. The second-order valence-corrected chi connectivity index (χ2v) is 6.27. The summed E-state index contributed by atoms with van der Waals surface area (Å²) in [7, 11) is 0. The van der Waals surface area contributed by atoms with E-state index in [1.165, 1.54) is 18.5 Å². The van der Waals surface area contributed by atoms with Crippen molar-refractivity contribution in [3.05, 3.63) is 77.5 Å². The van der Waals surface area contributed by atoms with Crippen molar-refractivity contribution in [1.29, 1.82) is 0 Å². The Morgan fingerprint density at radius 1 is 1.11 bits per heavy atom. The topological polar surface area (TPSA) is 81.7 Å². The largest absolute Gasteiger partial charge is 0.350 e. The summed E-state index contributed by atoms with van der Waals surface area (Å²) in [5.41, 5.74) is 9.75. The van der Waals surface area contributed by atoms with Gasteiger partial charge < -0.3 is 11.1 Å². The van der Waals surface area contributed by atoms with E-state index in [1.54, 1.807) is 6.07 Å². The number of fused-ring (bicyclic) bond motifs is 1. The van der Waals surface area contributed by atoms with E-state index >= 15 is 0 Å². The zero-order valence-electron chi connectivity index (χ0n) is 14.9. The summed E-state index contributed by atoms with van der Waals surface area (Å²) >= 11 is 0.